The van der Waals surface area contributed by atoms with Crippen LogP contribution in [0.2, 0.25) is 5.15 Å². The number of hydrogen-bond donors (Lipinski definition) is 1. The van der Waals surface area contributed by atoms with Crippen molar-refractivity contribution >= 4 is 27.5 Å². The molecule has 11 heavy (non-hydrogen) atoms. The Bertz CT molecular complexity index is 265. The number of pyridine rings is 1. The van der Waals surface area contributed by atoms with E-state index < -0.39 is 6.10 Å². The van der Waals surface area contributed by atoms with Gasteiger partial charge in [-0.25, -0.2) is 4.98 Å². The van der Waals surface area contributed by atoms with Gasteiger partial charge in [-0.15, -0.1) is 0 Å². The fourth-order valence-corrected chi connectivity index (χ4v) is 1.05. The van der Waals surface area contributed by atoms with Gasteiger partial charge in [-0.1, -0.05) is 11.6 Å². The maximum Gasteiger partial charge on any atom is 0.143 e. The fourth-order valence-electron chi connectivity index (χ4n) is 0.664. The first kappa shape index (κ1) is 8.97. The molecule has 1 aromatic heterocycles. The standard InChI is InChI=1S/C7H7BrClNO/c1-4(11)6-3-2-5(8)7(9)10-6/h2-4,11H,1H3. The summed E-state index contributed by atoms with van der Waals surface area (Å²) in [7, 11) is 0. The summed E-state index contributed by atoms with van der Waals surface area (Å²) in [6.45, 7) is 1.65. The van der Waals surface area contributed by atoms with E-state index in [2.05, 4.69) is 20.9 Å². The van der Waals surface area contributed by atoms with Crippen molar-refractivity contribution in [3.05, 3.63) is 27.5 Å². The number of hydrogen-bond acceptors (Lipinski definition) is 2. The van der Waals surface area contributed by atoms with Crippen LogP contribution in [-0.2, 0) is 0 Å². The predicted octanol–water partition coefficient (Wildman–Crippen LogP) is 2.55. The van der Waals surface area contributed by atoms with Gasteiger partial charge in [0.1, 0.15) is 5.15 Å². The number of rotatable bonds is 1. The van der Waals surface area contributed by atoms with Crippen LogP contribution in [0.1, 0.15) is 18.7 Å². The molecule has 0 fully saturated rings. The average molecular weight is 236 g/mol. The van der Waals surface area contributed by atoms with Crippen LogP contribution in [0.15, 0.2) is 16.6 Å². The quantitative estimate of drug-likeness (QED) is 0.760. The molecule has 0 saturated heterocycles. The van der Waals surface area contributed by atoms with E-state index in [0.29, 0.717) is 10.8 Å². The molecule has 1 unspecified atom stereocenters. The van der Waals surface area contributed by atoms with Crippen molar-refractivity contribution in [1.82, 2.24) is 4.98 Å². The molecule has 0 saturated carbocycles. The van der Waals surface area contributed by atoms with Gasteiger partial charge in [0.2, 0.25) is 0 Å². The maximum absolute atomic E-state index is 9.10. The largest absolute Gasteiger partial charge is 0.387 e. The van der Waals surface area contributed by atoms with Crippen molar-refractivity contribution in [2.24, 2.45) is 0 Å². The molecule has 0 amide bonds. The predicted molar refractivity (Wildman–Crippen MR) is 47.6 cm³/mol. The second-order valence-corrected chi connectivity index (χ2v) is 3.40. The highest BCUT2D eigenvalue weighted by Crippen LogP contribution is 2.21. The van der Waals surface area contributed by atoms with Crippen molar-refractivity contribution in [2.75, 3.05) is 0 Å². The lowest BCUT2D eigenvalue weighted by atomic mass is 10.2. The highest BCUT2D eigenvalue weighted by atomic mass is 79.9. The van der Waals surface area contributed by atoms with Gasteiger partial charge >= 0.3 is 0 Å². The Morgan fingerprint density at radius 3 is 2.73 bits per heavy atom. The molecule has 0 spiro atoms. The highest BCUT2D eigenvalue weighted by Gasteiger charge is 2.04. The minimum atomic E-state index is -0.569. The zero-order chi connectivity index (χ0) is 8.43. The van der Waals surface area contributed by atoms with Gasteiger partial charge in [0.25, 0.3) is 0 Å². The first-order valence-corrected chi connectivity index (χ1v) is 4.28. The summed E-state index contributed by atoms with van der Waals surface area (Å²) >= 11 is 8.89. The van der Waals surface area contributed by atoms with Gasteiger partial charge in [0.15, 0.2) is 0 Å². The van der Waals surface area contributed by atoms with E-state index in [9.17, 15) is 0 Å². The van der Waals surface area contributed by atoms with E-state index in [-0.39, 0.29) is 0 Å². The van der Waals surface area contributed by atoms with E-state index in [1.54, 1.807) is 19.1 Å². The van der Waals surface area contributed by atoms with Crippen LogP contribution in [0, 0.1) is 0 Å². The van der Waals surface area contributed by atoms with Crippen LogP contribution in [-0.4, -0.2) is 10.1 Å². The normalized spacial score (nSPS) is 13.1. The Labute approximate surface area is 78.3 Å². The average Bonchev–Trinajstić information content (AvgIpc) is 1.94. The SMILES string of the molecule is CC(O)c1ccc(Br)c(Cl)n1. The Morgan fingerprint density at radius 2 is 2.27 bits per heavy atom. The van der Waals surface area contributed by atoms with Crippen LogP contribution in [0.5, 0.6) is 0 Å². The molecule has 1 rings (SSSR count). The van der Waals surface area contributed by atoms with E-state index in [1.807, 2.05) is 0 Å². The van der Waals surface area contributed by atoms with E-state index in [4.69, 9.17) is 16.7 Å². The molecule has 1 heterocycles. The zero-order valence-corrected chi connectivity index (χ0v) is 8.22. The molecule has 0 radical (unpaired) electrons. The first-order valence-electron chi connectivity index (χ1n) is 3.11. The minimum absolute atomic E-state index is 0.378. The lowest BCUT2D eigenvalue weighted by molar-refractivity contribution is 0.194. The highest BCUT2D eigenvalue weighted by molar-refractivity contribution is 9.10. The van der Waals surface area contributed by atoms with Gasteiger partial charge in [-0.05, 0) is 35.0 Å². The Balaban J connectivity index is 3.05. The zero-order valence-electron chi connectivity index (χ0n) is 5.88. The van der Waals surface area contributed by atoms with Gasteiger partial charge in [0.05, 0.1) is 16.3 Å². The lowest BCUT2D eigenvalue weighted by Gasteiger charge is -2.03. The molecule has 0 aliphatic heterocycles. The van der Waals surface area contributed by atoms with E-state index >= 15 is 0 Å². The third-order valence-electron chi connectivity index (χ3n) is 1.25. The Hall–Kier alpha value is -0.120. The number of halogens is 2. The monoisotopic (exact) mass is 235 g/mol. The maximum atomic E-state index is 9.10. The van der Waals surface area contributed by atoms with Crippen molar-refractivity contribution in [3.63, 3.8) is 0 Å². The van der Waals surface area contributed by atoms with E-state index in [1.165, 1.54) is 0 Å². The summed E-state index contributed by atoms with van der Waals surface area (Å²) < 4.78 is 0.739. The van der Waals surface area contributed by atoms with Crippen LogP contribution < -0.4 is 0 Å². The second-order valence-electron chi connectivity index (χ2n) is 2.18. The van der Waals surface area contributed by atoms with Crippen LogP contribution >= 0.6 is 27.5 Å². The van der Waals surface area contributed by atoms with Crippen molar-refractivity contribution < 1.29 is 5.11 Å². The number of aliphatic hydroxyl groups is 1. The summed E-state index contributed by atoms with van der Waals surface area (Å²) in [5.74, 6) is 0. The molecule has 1 aromatic rings. The molecular formula is C7H7BrClNO. The molecule has 0 aromatic carbocycles. The molecular weight excluding hydrogens is 229 g/mol. The second kappa shape index (κ2) is 3.52. The molecule has 0 aliphatic rings. The molecule has 0 aliphatic carbocycles. The smallest absolute Gasteiger partial charge is 0.143 e. The van der Waals surface area contributed by atoms with Crippen molar-refractivity contribution in [1.29, 1.82) is 0 Å². The molecule has 0 bridgehead atoms. The Kier molecular flexibility index (Phi) is 2.87. The number of nitrogens with zero attached hydrogens (tertiary/aromatic N) is 1. The molecule has 2 nitrogen and oxygen atoms in total. The van der Waals surface area contributed by atoms with E-state index in [0.717, 1.165) is 4.47 Å². The minimum Gasteiger partial charge on any atom is -0.387 e. The number of aliphatic hydroxyl groups excluding tert-OH is 1. The molecule has 4 heteroatoms. The van der Waals surface area contributed by atoms with Gasteiger partial charge in [0, 0.05) is 0 Å². The summed E-state index contributed by atoms with van der Waals surface area (Å²) in [6, 6.07) is 3.48. The van der Waals surface area contributed by atoms with Gasteiger partial charge in [-0.3, -0.25) is 0 Å². The van der Waals surface area contributed by atoms with Crippen LogP contribution in [0.3, 0.4) is 0 Å². The summed E-state index contributed by atoms with van der Waals surface area (Å²) in [6.07, 6.45) is -0.569. The Morgan fingerprint density at radius 1 is 1.64 bits per heavy atom. The number of aromatic nitrogens is 1. The molecule has 1 atom stereocenters. The third-order valence-corrected chi connectivity index (χ3v) is 2.41. The summed E-state index contributed by atoms with van der Waals surface area (Å²) in [5.41, 5.74) is 0.582. The summed E-state index contributed by atoms with van der Waals surface area (Å²) in [4.78, 5) is 3.94. The molecule has 1 N–H and O–H groups in total. The van der Waals surface area contributed by atoms with Crippen LogP contribution in [0.25, 0.3) is 0 Å². The van der Waals surface area contributed by atoms with Crippen molar-refractivity contribution in [2.45, 2.75) is 13.0 Å². The van der Waals surface area contributed by atoms with Gasteiger partial charge < -0.3 is 5.11 Å². The van der Waals surface area contributed by atoms with Crippen LogP contribution in [0.4, 0.5) is 0 Å². The summed E-state index contributed by atoms with van der Waals surface area (Å²) in [5, 5.41) is 9.48. The fraction of sp³-hybridized carbons (Fsp3) is 0.286. The molecule has 60 valence electrons. The van der Waals surface area contributed by atoms with Crippen molar-refractivity contribution in [3.8, 4) is 0 Å². The topological polar surface area (TPSA) is 33.1 Å². The first-order chi connectivity index (χ1) is 5.11. The lowest BCUT2D eigenvalue weighted by Crippen LogP contribution is -1.94. The third kappa shape index (κ3) is 2.15. The van der Waals surface area contributed by atoms with Gasteiger partial charge in [-0.2, -0.15) is 0 Å².